The zero-order valence-electron chi connectivity index (χ0n) is 16.0. The summed E-state index contributed by atoms with van der Waals surface area (Å²) in [5, 5.41) is 2.96. The molecular formula is C22H23N3O4. The predicted octanol–water partition coefficient (Wildman–Crippen LogP) is 2.49. The summed E-state index contributed by atoms with van der Waals surface area (Å²) in [5.74, 6) is 1.71. The molecule has 1 aromatic heterocycles. The fourth-order valence-electron chi connectivity index (χ4n) is 3.51. The Balaban J connectivity index is 1.21. The molecule has 0 aliphatic carbocycles. The zero-order valence-corrected chi connectivity index (χ0v) is 16.0. The van der Waals surface area contributed by atoms with Crippen LogP contribution >= 0.6 is 0 Å². The standard InChI is InChI=1S/C22H23N3O4/c26-21(4-2-16-1-3-19-20(13-16)29-15-28-19)24-14-17-7-11-25(12-8-17)22(27)18-5-9-23-10-6-18/h1-6,9-10,13,17H,7-8,11-12,14-15H2,(H,24,26). The number of nitrogens with zero attached hydrogens (tertiary/aromatic N) is 2. The van der Waals surface area contributed by atoms with Gasteiger partial charge in [0.05, 0.1) is 0 Å². The highest BCUT2D eigenvalue weighted by atomic mass is 16.7. The molecule has 2 aliphatic rings. The van der Waals surface area contributed by atoms with Crippen molar-refractivity contribution in [3.63, 3.8) is 0 Å². The average molecular weight is 393 g/mol. The van der Waals surface area contributed by atoms with Crippen molar-refractivity contribution in [1.29, 1.82) is 0 Å². The van der Waals surface area contributed by atoms with Gasteiger partial charge in [-0.15, -0.1) is 0 Å². The number of fused-ring (bicyclic) bond motifs is 1. The molecule has 0 unspecified atom stereocenters. The van der Waals surface area contributed by atoms with E-state index in [1.807, 2.05) is 23.1 Å². The molecule has 2 aromatic rings. The quantitative estimate of drug-likeness (QED) is 0.790. The number of aromatic nitrogens is 1. The number of likely N-dealkylation sites (tertiary alicyclic amines) is 1. The fraction of sp³-hybridized carbons (Fsp3) is 0.318. The zero-order chi connectivity index (χ0) is 20.1. The van der Waals surface area contributed by atoms with Crippen molar-refractivity contribution in [2.75, 3.05) is 26.4 Å². The minimum Gasteiger partial charge on any atom is -0.454 e. The van der Waals surface area contributed by atoms with Gasteiger partial charge in [-0.1, -0.05) is 6.07 Å². The number of rotatable bonds is 5. The molecule has 29 heavy (non-hydrogen) atoms. The summed E-state index contributed by atoms with van der Waals surface area (Å²) in [7, 11) is 0. The van der Waals surface area contributed by atoms with Crippen molar-refractivity contribution in [3.05, 3.63) is 59.9 Å². The van der Waals surface area contributed by atoms with E-state index in [1.54, 1.807) is 30.6 Å². The first-order valence-corrected chi connectivity index (χ1v) is 9.74. The molecule has 150 valence electrons. The van der Waals surface area contributed by atoms with Crippen molar-refractivity contribution < 1.29 is 19.1 Å². The summed E-state index contributed by atoms with van der Waals surface area (Å²) < 4.78 is 10.6. The van der Waals surface area contributed by atoms with E-state index in [0.717, 1.165) is 24.2 Å². The molecule has 1 fully saturated rings. The van der Waals surface area contributed by atoms with Crippen LogP contribution in [0.4, 0.5) is 0 Å². The van der Waals surface area contributed by atoms with Gasteiger partial charge >= 0.3 is 0 Å². The second-order valence-corrected chi connectivity index (χ2v) is 7.16. The molecule has 7 heteroatoms. The van der Waals surface area contributed by atoms with Crippen LogP contribution in [0.3, 0.4) is 0 Å². The third-order valence-corrected chi connectivity index (χ3v) is 5.22. The highest BCUT2D eigenvalue weighted by molar-refractivity contribution is 5.94. The molecule has 4 rings (SSSR count). The molecule has 1 saturated heterocycles. The monoisotopic (exact) mass is 393 g/mol. The van der Waals surface area contributed by atoms with Crippen LogP contribution < -0.4 is 14.8 Å². The van der Waals surface area contributed by atoms with Crippen molar-refractivity contribution in [2.45, 2.75) is 12.8 Å². The first-order valence-electron chi connectivity index (χ1n) is 9.74. The molecule has 1 N–H and O–H groups in total. The van der Waals surface area contributed by atoms with Crippen molar-refractivity contribution in [2.24, 2.45) is 5.92 Å². The Morgan fingerprint density at radius 3 is 2.66 bits per heavy atom. The number of hydrogen-bond acceptors (Lipinski definition) is 5. The second kappa shape index (κ2) is 8.77. The Hall–Kier alpha value is -3.35. The van der Waals surface area contributed by atoms with E-state index in [1.165, 1.54) is 6.08 Å². The van der Waals surface area contributed by atoms with E-state index in [4.69, 9.17) is 9.47 Å². The predicted molar refractivity (Wildman–Crippen MR) is 107 cm³/mol. The highest BCUT2D eigenvalue weighted by Gasteiger charge is 2.23. The first-order chi connectivity index (χ1) is 14.2. The minimum atomic E-state index is -0.127. The van der Waals surface area contributed by atoms with Gasteiger partial charge in [-0.3, -0.25) is 14.6 Å². The Labute approximate surface area is 169 Å². The van der Waals surface area contributed by atoms with E-state index < -0.39 is 0 Å². The summed E-state index contributed by atoms with van der Waals surface area (Å²) in [5.41, 5.74) is 1.55. The van der Waals surface area contributed by atoms with Gasteiger partial charge in [0, 0.05) is 43.7 Å². The number of piperidine rings is 1. The maximum atomic E-state index is 12.5. The minimum absolute atomic E-state index is 0.0431. The highest BCUT2D eigenvalue weighted by Crippen LogP contribution is 2.32. The Morgan fingerprint density at radius 2 is 1.86 bits per heavy atom. The number of nitrogens with one attached hydrogen (secondary N) is 1. The molecule has 0 saturated carbocycles. The molecule has 0 radical (unpaired) electrons. The van der Waals surface area contributed by atoms with Crippen molar-refractivity contribution in [3.8, 4) is 11.5 Å². The molecule has 0 atom stereocenters. The topological polar surface area (TPSA) is 80.8 Å². The van der Waals surface area contributed by atoms with Crippen LogP contribution in [0.15, 0.2) is 48.8 Å². The molecule has 0 spiro atoms. The summed E-state index contributed by atoms with van der Waals surface area (Å²) >= 11 is 0. The summed E-state index contributed by atoms with van der Waals surface area (Å²) in [6.07, 6.45) is 8.30. The third kappa shape index (κ3) is 4.74. The van der Waals surface area contributed by atoms with Crippen LogP contribution in [0.2, 0.25) is 0 Å². The van der Waals surface area contributed by atoms with E-state index in [2.05, 4.69) is 10.3 Å². The van der Waals surface area contributed by atoms with Crippen molar-refractivity contribution in [1.82, 2.24) is 15.2 Å². The number of hydrogen-bond donors (Lipinski definition) is 1. The van der Waals surface area contributed by atoms with Crippen LogP contribution in [0.5, 0.6) is 11.5 Å². The van der Waals surface area contributed by atoms with E-state index >= 15 is 0 Å². The maximum absolute atomic E-state index is 12.5. The van der Waals surface area contributed by atoms with Crippen LogP contribution in [-0.2, 0) is 4.79 Å². The number of amides is 2. The fourth-order valence-corrected chi connectivity index (χ4v) is 3.51. The van der Waals surface area contributed by atoms with Crippen LogP contribution in [0.1, 0.15) is 28.8 Å². The number of pyridine rings is 1. The lowest BCUT2D eigenvalue weighted by atomic mass is 9.96. The Morgan fingerprint density at radius 1 is 1.10 bits per heavy atom. The largest absolute Gasteiger partial charge is 0.454 e. The summed E-state index contributed by atoms with van der Waals surface area (Å²) in [4.78, 5) is 30.4. The average Bonchev–Trinajstić information content (AvgIpc) is 3.24. The first kappa shape index (κ1) is 19.0. The van der Waals surface area contributed by atoms with E-state index in [9.17, 15) is 9.59 Å². The van der Waals surface area contributed by atoms with Gasteiger partial charge in [-0.2, -0.15) is 0 Å². The number of ether oxygens (including phenoxy) is 2. The molecular weight excluding hydrogens is 370 g/mol. The third-order valence-electron chi connectivity index (χ3n) is 5.22. The van der Waals surface area contributed by atoms with Crippen molar-refractivity contribution >= 4 is 17.9 Å². The van der Waals surface area contributed by atoms with E-state index in [0.29, 0.717) is 36.9 Å². The normalized spacial score (nSPS) is 16.2. The molecule has 2 aliphatic heterocycles. The van der Waals surface area contributed by atoms with Crippen LogP contribution in [0, 0.1) is 5.92 Å². The van der Waals surface area contributed by atoms with E-state index in [-0.39, 0.29) is 18.6 Å². The number of benzene rings is 1. The van der Waals surface area contributed by atoms with Gasteiger partial charge in [0.2, 0.25) is 12.7 Å². The van der Waals surface area contributed by atoms with Gasteiger partial charge in [0.15, 0.2) is 11.5 Å². The second-order valence-electron chi connectivity index (χ2n) is 7.16. The van der Waals surface area contributed by atoms with Crippen LogP contribution in [0.25, 0.3) is 6.08 Å². The molecule has 7 nitrogen and oxygen atoms in total. The molecule has 1 aromatic carbocycles. The van der Waals surface area contributed by atoms with Gasteiger partial charge in [0.1, 0.15) is 0 Å². The lowest BCUT2D eigenvalue weighted by Crippen LogP contribution is -2.41. The van der Waals surface area contributed by atoms with Gasteiger partial charge in [-0.25, -0.2) is 0 Å². The lowest BCUT2D eigenvalue weighted by Gasteiger charge is -2.32. The smallest absolute Gasteiger partial charge is 0.253 e. The summed E-state index contributed by atoms with van der Waals surface area (Å²) in [6, 6.07) is 9.04. The Bertz CT molecular complexity index is 906. The van der Waals surface area contributed by atoms with Gasteiger partial charge in [0.25, 0.3) is 5.91 Å². The molecule has 2 amide bonds. The SMILES string of the molecule is O=C(C=Cc1ccc2c(c1)OCO2)NCC1CCN(C(=O)c2ccncc2)CC1. The number of carbonyl (C=O) groups excluding carboxylic acids is 2. The van der Waals surface area contributed by atoms with Gasteiger partial charge < -0.3 is 19.7 Å². The summed E-state index contributed by atoms with van der Waals surface area (Å²) in [6.45, 7) is 2.25. The number of carbonyl (C=O) groups is 2. The molecule has 0 bridgehead atoms. The van der Waals surface area contributed by atoms with Crippen LogP contribution in [-0.4, -0.2) is 48.1 Å². The van der Waals surface area contributed by atoms with Gasteiger partial charge in [-0.05, 0) is 54.7 Å². The Kier molecular flexibility index (Phi) is 5.74. The lowest BCUT2D eigenvalue weighted by molar-refractivity contribution is -0.116. The molecule has 3 heterocycles. The maximum Gasteiger partial charge on any atom is 0.253 e.